The molecule has 0 N–H and O–H groups in total. The maximum absolute atomic E-state index is 12.2. The van der Waals surface area contributed by atoms with E-state index < -0.39 is 0 Å². The third-order valence-corrected chi connectivity index (χ3v) is 6.01. The normalized spacial score (nSPS) is 15.9. The number of rotatable bonds is 6. The number of ether oxygens (including phenoxy) is 2. The van der Waals surface area contributed by atoms with Gasteiger partial charge in [0, 0.05) is 12.6 Å². The first-order valence-electron chi connectivity index (χ1n) is 9.42. The van der Waals surface area contributed by atoms with Crippen molar-refractivity contribution >= 4 is 40.3 Å². The number of benzene rings is 2. The number of thioether (sulfide) groups is 1. The van der Waals surface area contributed by atoms with Crippen molar-refractivity contribution in [2.75, 3.05) is 20.3 Å². The minimum atomic E-state index is -0.0863. The molecule has 0 bridgehead atoms. The van der Waals surface area contributed by atoms with Crippen LogP contribution in [0.3, 0.4) is 0 Å². The monoisotopic (exact) mass is 427 g/mol. The quantitative estimate of drug-likeness (QED) is 0.357. The summed E-state index contributed by atoms with van der Waals surface area (Å²) in [6, 6.07) is 15.8. The van der Waals surface area contributed by atoms with Crippen molar-refractivity contribution in [1.29, 1.82) is 0 Å². The summed E-state index contributed by atoms with van der Waals surface area (Å²) in [5, 5.41) is 0. The molecule has 0 atom stereocenters. The molecule has 6 heteroatoms. The van der Waals surface area contributed by atoms with Gasteiger partial charge in [0.25, 0.3) is 5.91 Å². The highest BCUT2D eigenvalue weighted by Crippen LogP contribution is 2.33. The van der Waals surface area contributed by atoms with Gasteiger partial charge in [-0.1, -0.05) is 75.1 Å². The van der Waals surface area contributed by atoms with Crippen molar-refractivity contribution in [1.82, 2.24) is 4.90 Å². The zero-order chi connectivity index (χ0) is 21.0. The lowest BCUT2D eigenvalue weighted by atomic mass is 9.87. The van der Waals surface area contributed by atoms with Crippen LogP contribution >= 0.6 is 24.0 Å². The molecule has 152 valence electrons. The maximum Gasteiger partial charge on any atom is 0.265 e. The van der Waals surface area contributed by atoms with E-state index in [1.54, 1.807) is 7.05 Å². The first-order valence-corrected chi connectivity index (χ1v) is 10.6. The van der Waals surface area contributed by atoms with Crippen molar-refractivity contribution in [2.45, 2.75) is 26.2 Å². The van der Waals surface area contributed by atoms with Gasteiger partial charge < -0.3 is 9.47 Å². The van der Waals surface area contributed by atoms with Gasteiger partial charge >= 0.3 is 0 Å². The van der Waals surface area contributed by atoms with Gasteiger partial charge in [0.1, 0.15) is 29.0 Å². The molecule has 0 unspecified atom stereocenters. The number of carbonyl (C=O) groups is 1. The summed E-state index contributed by atoms with van der Waals surface area (Å²) < 4.78 is 12.3. The molecular weight excluding hydrogens is 402 g/mol. The Kier molecular flexibility index (Phi) is 6.65. The van der Waals surface area contributed by atoms with Crippen LogP contribution in [0.4, 0.5) is 0 Å². The predicted molar refractivity (Wildman–Crippen MR) is 124 cm³/mol. The van der Waals surface area contributed by atoms with Crippen molar-refractivity contribution in [3.63, 3.8) is 0 Å². The van der Waals surface area contributed by atoms with Gasteiger partial charge in [-0.2, -0.15) is 0 Å². The fraction of sp³-hybridized carbons (Fsp3) is 0.304. The van der Waals surface area contributed by atoms with Gasteiger partial charge in [-0.25, -0.2) is 0 Å². The van der Waals surface area contributed by atoms with Gasteiger partial charge in [-0.05, 0) is 35.3 Å². The van der Waals surface area contributed by atoms with E-state index in [-0.39, 0.29) is 11.3 Å². The zero-order valence-electron chi connectivity index (χ0n) is 17.1. The number of carbonyl (C=O) groups excluding carboxylic acids is 1. The molecule has 1 saturated heterocycles. The smallest absolute Gasteiger partial charge is 0.265 e. The molecule has 0 aromatic heterocycles. The number of thiocarbonyl (C=S) groups is 1. The molecule has 0 saturated carbocycles. The summed E-state index contributed by atoms with van der Waals surface area (Å²) in [6.07, 6.45) is 1.82. The van der Waals surface area contributed by atoms with E-state index in [1.807, 2.05) is 42.5 Å². The molecule has 2 aromatic rings. The second kappa shape index (κ2) is 9.01. The van der Waals surface area contributed by atoms with Crippen LogP contribution in [0.1, 0.15) is 31.9 Å². The average Bonchev–Trinajstić information content (AvgIpc) is 2.93. The second-order valence-corrected chi connectivity index (χ2v) is 9.43. The molecule has 0 aliphatic carbocycles. The summed E-state index contributed by atoms with van der Waals surface area (Å²) in [5.74, 6) is 1.44. The second-order valence-electron chi connectivity index (χ2n) is 7.75. The Morgan fingerprint density at radius 2 is 1.69 bits per heavy atom. The van der Waals surface area contributed by atoms with Crippen molar-refractivity contribution in [3.8, 4) is 11.5 Å². The first kappa shape index (κ1) is 21.4. The Hall–Kier alpha value is -2.31. The lowest BCUT2D eigenvalue weighted by molar-refractivity contribution is -0.121. The summed E-state index contributed by atoms with van der Waals surface area (Å²) in [7, 11) is 1.69. The largest absolute Gasteiger partial charge is 0.490 e. The van der Waals surface area contributed by atoms with Crippen molar-refractivity contribution < 1.29 is 14.3 Å². The zero-order valence-corrected chi connectivity index (χ0v) is 18.7. The SMILES string of the molecule is CN1C(=O)/C(=C\c2ccccc2OCCOc2ccc(C(C)(C)C)cc2)SC1=S. The van der Waals surface area contributed by atoms with Gasteiger partial charge in [-0.15, -0.1) is 0 Å². The molecule has 2 aromatic carbocycles. The third-order valence-electron chi connectivity index (χ3n) is 4.52. The fourth-order valence-electron chi connectivity index (χ4n) is 2.78. The van der Waals surface area contributed by atoms with Crippen molar-refractivity contribution in [3.05, 3.63) is 64.6 Å². The first-order chi connectivity index (χ1) is 13.8. The highest BCUT2D eigenvalue weighted by molar-refractivity contribution is 8.26. The molecule has 0 spiro atoms. The molecule has 1 amide bonds. The van der Waals surface area contributed by atoms with E-state index in [9.17, 15) is 4.79 Å². The van der Waals surface area contributed by atoms with Crippen LogP contribution in [0.5, 0.6) is 11.5 Å². The van der Waals surface area contributed by atoms with E-state index in [2.05, 4.69) is 32.9 Å². The number of para-hydroxylation sites is 1. The van der Waals surface area contributed by atoms with Crippen LogP contribution in [0.15, 0.2) is 53.4 Å². The summed E-state index contributed by atoms with van der Waals surface area (Å²) >= 11 is 6.49. The van der Waals surface area contributed by atoms with E-state index in [4.69, 9.17) is 21.7 Å². The van der Waals surface area contributed by atoms with E-state index in [0.717, 1.165) is 11.3 Å². The van der Waals surface area contributed by atoms with Crippen LogP contribution in [0.25, 0.3) is 6.08 Å². The van der Waals surface area contributed by atoms with Gasteiger partial charge in [0.15, 0.2) is 0 Å². The minimum Gasteiger partial charge on any atom is -0.490 e. The predicted octanol–water partition coefficient (Wildman–Crippen LogP) is 5.27. The number of likely N-dealkylation sites (N-methyl/N-ethyl adjacent to an activating group) is 1. The highest BCUT2D eigenvalue weighted by atomic mass is 32.2. The van der Waals surface area contributed by atoms with Gasteiger partial charge in [-0.3, -0.25) is 9.69 Å². The van der Waals surface area contributed by atoms with Gasteiger partial charge in [0.2, 0.25) is 0 Å². The van der Waals surface area contributed by atoms with Crippen LogP contribution in [0, 0.1) is 0 Å². The van der Waals surface area contributed by atoms with Crippen molar-refractivity contribution in [2.24, 2.45) is 0 Å². The third kappa shape index (κ3) is 5.40. The van der Waals surface area contributed by atoms with E-state index in [0.29, 0.717) is 28.2 Å². The Morgan fingerprint density at radius 3 is 2.31 bits per heavy atom. The lowest BCUT2D eigenvalue weighted by Gasteiger charge is -2.19. The van der Waals surface area contributed by atoms with Crippen LogP contribution in [-0.2, 0) is 10.2 Å². The standard InChI is InChI=1S/C23H25NO3S2/c1-23(2,3)17-9-11-18(12-10-17)26-13-14-27-19-8-6-5-7-16(19)15-20-21(25)24(4)22(28)29-20/h5-12,15H,13-14H2,1-4H3/b20-15+. The number of hydrogen-bond donors (Lipinski definition) is 0. The molecule has 3 rings (SSSR count). The molecule has 0 radical (unpaired) electrons. The molecule has 1 fully saturated rings. The Labute approximate surface area is 181 Å². The molecule has 4 nitrogen and oxygen atoms in total. The Morgan fingerprint density at radius 1 is 1.03 bits per heavy atom. The Bertz CT molecular complexity index is 930. The fourth-order valence-corrected chi connectivity index (χ4v) is 3.95. The number of hydrogen-bond acceptors (Lipinski definition) is 5. The molecule has 1 aliphatic rings. The average molecular weight is 428 g/mol. The number of amides is 1. The summed E-state index contributed by atoms with van der Waals surface area (Å²) in [4.78, 5) is 14.3. The van der Waals surface area contributed by atoms with Crippen LogP contribution in [-0.4, -0.2) is 35.4 Å². The maximum atomic E-state index is 12.2. The molecular formula is C23H25NO3S2. The van der Waals surface area contributed by atoms with Crippen LogP contribution in [0.2, 0.25) is 0 Å². The minimum absolute atomic E-state index is 0.0863. The highest BCUT2D eigenvalue weighted by Gasteiger charge is 2.28. The Balaban J connectivity index is 1.58. The van der Waals surface area contributed by atoms with Gasteiger partial charge in [0.05, 0.1) is 4.91 Å². The molecule has 1 heterocycles. The summed E-state index contributed by atoms with van der Waals surface area (Å²) in [5.41, 5.74) is 2.24. The molecule has 1 aliphatic heterocycles. The topological polar surface area (TPSA) is 38.8 Å². The number of nitrogens with zero attached hydrogens (tertiary/aromatic N) is 1. The molecule has 29 heavy (non-hydrogen) atoms. The lowest BCUT2D eigenvalue weighted by Crippen LogP contribution is -2.22. The van der Waals surface area contributed by atoms with E-state index in [1.165, 1.54) is 22.2 Å². The van der Waals surface area contributed by atoms with Crippen LogP contribution < -0.4 is 9.47 Å². The summed E-state index contributed by atoms with van der Waals surface area (Å²) in [6.45, 7) is 7.40. The van der Waals surface area contributed by atoms with E-state index >= 15 is 0 Å².